The number of thiophene rings is 1. The van der Waals surface area contributed by atoms with Crippen LogP contribution >= 0.6 is 11.3 Å². The monoisotopic (exact) mass is 239 g/mol. The first kappa shape index (κ1) is 11.6. The van der Waals surface area contributed by atoms with Crippen molar-refractivity contribution in [2.75, 3.05) is 6.54 Å². The number of nitrogens with one attached hydrogen (secondary N) is 1. The van der Waals surface area contributed by atoms with Crippen LogP contribution in [-0.2, 0) is 16.0 Å². The second-order valence-electron chi connectivity index (χ2n) is 4.98. The van der Waals surface area contributed by atoms with Gasteiger partial charge >= 0.3 is 5.97 Å². The second kappa shape index (κ2) is 4.18. The Morgan fingerprint density at radius 3 is 3.00 bits per heavy atom. The molecule has 0 amide bonds. The van der Waals surface area contributed by atoms with Gasteiger partial charge in [-0.05, 0) is 44.2 Å². The molecule has 1 atom stereocenters. The van der Waals surface area contributed by atoms with E-state index in [1.807, 2.05) is 26.2 Å². The molecule has 2 rings (SSSR count). The predicted molar refractivity (Wildman–Crippen MR) is 64.6 cm³/mol. The van der Waals surface area contributed by atoms with Crippen molar-refractivity contribution in [3.05, 3.63) is 21.9 Å². The number of rotatable bonds is 1. The summed E-state index contributed by atoms with van der Waals surface area (Å²) < 4.78 is 5.41. The Morgan fingerprint density at radius 2 is 2.31 bits per heavy atom. The topological polar surface area (TPSA) is 38.3 Å². The van der Waals surface area contributed by atoms with E-state index in [0.29, 0.717) is 0 Å². The van der Waals surface area contributed by atoms with E-state index in [1.54, 1.807) is 11.3 Å². The number of fused-ring (bicyclic) bond motifs is 1. The van der Waals surface area contributed by atoms with E-state index in [4.69, 9.17) is 4.74 Å². The van der Waals surface area contributed by atoms with Crippen LogP contribution in [0.3, 0.4) is 0 Å². The van der Waals surface area contributed by atoms with Crippen molar-refractivity contribution in [3.8, 4) is 0 Å². The molecule has 4 heteroatoms. The third kappa shape index (κ3) is 2.44. The molecule has 1 N–H and O–H groups in total. The molecule has 88 valence electrons. The van der Waals surface area contributed by atoms with Crippen molar-refractivity contribution < 1.29 is 9.53 Å². The third-order valence-electron chi connectivity index (χ3n) is 2.43. The minimum Gasteiger partial charge on any atom is -0.459 e. The van der Waals surface area contributed by atoms with Gasteiger partial charge in [-0.2, -0.15) is 0 Å². The SMILES string of the molecule is CC(C)(C)OC(=O)C1NCCc2ccsc21. The summed E-state index contributed by atoms with van der Waals surface area (Å²) in [6.07, 6.45) is 0.998. The Hall–Kier alpha value is -0.870. The Kier molecular flexibility index (Phi) is 3.04. The lowest BCUT2D eigenvalue weighted by molar-refractivity contribution is -0.157. The Bertz CT molecular complexity index is 392. The molecule has 0 saturated heterocycles. The van der Waals surface area contributed by atoms with Gasteiger partial charge in [0.15, 0.2) is 0 Å². The van der Waals surface area contributed by atoms with Crippen LogP contribution in [0, 0.1) is 0 Å². The predicted octanol–water partition coefficient (Wildman–Crippen LogP) is 2.28. The average Bonchev–Trinajstić information content (AvgIpc) is 2.61. The number of hydrogen-bond acceptors (Lipinski definition) is 4. The molecule has 0 aromatic carbocycles. The smallest absolute Gasteiger partial charge is 0.329 e. The lowest BCUT2D eigenvalue weighted by Crippen LogP contribution is -2.38. The van der Waals surface area contributed by atoms with Crippen molar-refractivity contribution in [1.82, 2.24) is 5.32 Å². The van der Waals surface area contributed by atoms with Gasteiger partial charge in [0, 0.05) is 11.4 Å². The van der Waals surface area contributed by atoms with Crippen molar-refractivity contribution >= 4 is 17.3 Å². The molecule has 0 radical (unpaired) electrons. The normalized spacial score (nSPS) is 20.3. The fourth-order valence-corrected chi connectivity index (χ4v) is 2.82. The average molecular weight is 239 g/mol. The fourth-order valence-electron chi connectivity index (χ4n) is 1.80. The standard InChI is InChI=1S/C12H17NO2S/c1-12(2,3)15-11(14)9-10-8(4-6-13-9)5-7-16-10/h5,7,9,13H,4,6H2,1-3H3. The molecule has 1 aliphatic rings. The molecule has 1 aromatic rings. The first-order valence-corrected chi connectivity index (χ1v) is 6.38. The van der Waals surface area contributed by atoms with Gasteiger partial charge in [0.25, 0.3) is 0 Å². The van der Waals surface area contributed by atoms with Gasteiger partial charge < -0.3 is 4.74 Å². The zero-order valence-electron chi connectivity index (χ0n) is 9.87. The summed E-state index contributed by atoms with van der Waals surface area (Å²) in [4.78, 5) is 13.1. The highest BCUT2D eigenvalue weighted by atomic mass is 32.1. The highest BCUT2D eigenvalue weighted by Crippen LogP contribution is 2.29. The van der Waals surface area contributed by atoms with Gasteiger partial charge in [-0.15, -0.1) is 11.3 Å². The number of hydrogen-bond donors (Lipinski definition) is 1. The summed E-state index contributed by atoms with van der Waals surface area (Å²) in [5.41, 5.74) is 0.854. The molecular weight excluding hydrogens is 222 g/mol. The molecule has 2 heterocycles. The molecular formula is C12H17NO2S. The Labute approximate surface area is 99.8 Å². The molecule has 0 fully saturated rings. The summed E-state index contributed by atoms with van der Waals surface area (Å²) in [6.45, 7) is 6.52. The minimum absolute atomic E-state index is 0.170. The zero-order chi connectivity index (χ0) is 11.8. The maximum atomic E-state index is 12.0. The highest BCUT2D eigenvalue weighted by molar-refractivity contribution is 7.10. The lowest BCUT2D eigenvalue weighted by atomic mass is 10.0. The molecule has 0 aliphatic carbocycles. The van der Waals surface area contributed by atoms with E-state index >= 15 is 0 Å². The van der Waals surface area contributed by atoms with Gasteiger partial charge in [0.05, 0.1) is 0 Å². The lowest BCUT2D eigenvalue weighted by Gasteiger charge is -2.27. The quantitative estimate of drug-likeness (QED) is 0.764. The second-order valence-corrected chi connectivity index (χ2v) is 5.93. The van der Waals surface area contributed by atoms with E-state index in [2.05, 4.69) is 11.4 Å². The molecule has 1 aromatic heterocycles. The Morgan fingerprint density at radius 1 is 1.56 bits per heavy atom. The van der Waals surface area contributed by atoms with Crippen molar-refractivity contribution in [1.29, 1.82) is 0 Å². The third-order valence-corrected chi connectivity index (χ3v) is 3.45. The number of carbonyl (C=O) groups is 1. The van der Waals surface area contributed by atoms with Crippen LogP contribution in [0.4, 0.5) is 0 Å². The van der Waals surface area contributed by atoms with E-state index < -0.39 is 5.60 Å². The molecule has 1 aliphatic heterocycles. The highest BCUT2D eigenvalue weighted by Gasteiger charge is 2.30. The van der Waals surface area contributed by atoms with Crippen LogP contribution < -0.4 is 5.32 Å². The maximum absolute atomic E-state index is 12.0. The van der Waals surface area contributed by atoms with E-state index in [-0.39, 0.29) is 12.0 Å². The molecule has 3 nitrogen and oxygen atoms in total. The summed E-state index contributed by atoms with van der Waals surface area (Å²) in [5.74, 6) is -0.170. The minimum atomic E-state index is -0.423. The summed E-state index contributed by atoms with van der Waals surface area (Å²) in [6, 6.07) is 1.82. The number of carbonyl (C=O) groups excluding carboxylic acids is 1. The first-order valence-electron chi connectivity index (χ1n) is 5.50. The summed E-state index contributed by atoms with van der Waals surface area (Å²) in [5, 5.41) is 5.26. The molecule has 0 spiro atoms. The maximum Gasteiger partial charge on any atom is 0.329 e. The van der Waals surface area contributed by atoms with E-state index in [0.717, 1.165) is 17.8 Å². The summed E-state index contributed by atoms with van der Waals surface area (Å²) >= 11 is 1.62. The van der Waals surface area contributed by atoms with Gasteiger partial charge in [-0.1, -0.05) is 0 Å². The van der Waals surface area contributed by atoms with Gasteiger partial charge in [-0.3, -0.25) is 5.32 Å². The zero-order valence-corrected chi connectivity index (χ0v) is 10.7. The van der Waals surface area contributed by atoms with Crippen LogP contribution in [0.15, 0.2) is 11.4 Å². The van der Waals surface area contributed by atoms with Crippen LogP contribution in [0.2, 0.25) is 0 Å². The van der Waals surface area contributed by atoms with Crippen LogP contribution in [-0.4, -0.2) is 18.1 Å². The van der Waals surface area contributed by atoms with Crippen LogP contribution in [0.5, 0.6) is 0 Å². The largest absolute Gasteiger partial charge is 0.459 e. The molecule has 0 bridgehead atoms. The molecule has 1 unspecified atom stereocenters. The van der Waals surface area contributed by atoms with E-state index in [1.165, 1.54) is 5.56 Å². The van der Waals surface area contributed by atoms with E-state index in [9.17, 15) is 4.79 Å². The van der Waals surface area contributed by atoms with Crippen LogP contribution in [0.25, 0.3) is 0 Å². The Balaban J connectivity index is 2.15. The van der Waals surface area contributed by atoms with Crippen molar-refractivity contribution in [2.45, 2.75) is 38.8 Å². The van der Waals surface area contributed by atoms with Gasteiger partial charge in [0.2, 0.25) is 0 Å². The molecule has 16 heavy (non-hydrogen) atoms. The van der Waals surface area contributed by atoms with Crippen molar-refractivity contribution in [3.63, 3.8) is 0 Å². The van der Waals surface area contributed by atoms with Gasteiger partial charge in [0.1, 0.15) is 11.6 Å². The van der Waals surface area contributed by atoms with Crippen molar-refractivity contribution in [2.24, 2.45) is 0 Å². The first-order chi connectivity index (χ1) is 7.47. The number of ether oxygens (including phenoxy) is 1. The fraction of sp³-hybridized carbons (Fsp3) is 0.583. The molecule has 0 saturated carbocycles. The summed E-state index contributed by atoms with van der Waals surface area (Å²) in [7, 11) is 0. The van der Waals surface area contributed by atoms with Crippen LogP contribution in [0.1, 0.15) is 37.3 Å². The van der Waals surface area contributed by atoms with Gasteiger partial charge in [-0.25, -0.2) is 4.79 Å². The number of esters is 1.